The van der Waals surface area contributed by atoms with Gasteiger partial charge in [0.1, 0.15) is 0 Å². The lowest BCUT2D eigenvalue weighted by molar-refractivity contribution is 0.886. The average molecular weight is 162 g/mol. The van der Waals surface area contributed by atoms with E-state index in [9.17, 15) is 0 Å². The maximum Gasteiger partial charge on any atom is 0.178 e. The molecular formula is C8H10N4. The smallest absolute Gasteiger partial charge is 0.178 e. The molecule has 2 rings (SSSR count). The molecule has 0 saturated heterocycles. The van der Waals surface area contributed by atoms with Crippen molar-refractivity contribution in [2.24, 2.45) is 0 Å². The Balaban J connectivity index is 2.74. The van der Waals surface area contributed by atoms with Crippen molar-refractivity contribution in [1.29, 1.82) is 0 Å². The Morgan fingerprint density at radius 2 is 2.42 bits per heavy atom. The molecule has 2 heterocycles. The molecule has 0 aliphatic carbocycles. The van der Waals surface area contributed by atoms with Crippen LogP contribution in [-0.2, 0) is 6.42 Å². The summed E-state index contributed by atoms with van der Waals surface area (Å²) in [6, 6.07) is 3.68. The summed E-state index contributed by atoms with van der Waals surface area (Å²) < 4.78 is 1.70. The molecule has 12 heavy (non-hydrogen) atoms. The van der Waals surface area contributed by atoms with E-state index in [0.717, 1.165) is 17.9 Å². The first-order valence-corrected chi connectivity index (χ1v) is 3.91. The van der Waals surface area contributed by atoms with E-state index < -0.39 is 0 Å². The fraction of sp³-hybridized carbons (Fsp3) is 0.250. The highest BCUT2D eigenvalue weighted by Crippen LogP contribution is 2.09. The van der Waals surface area contributed by atoms with Crippen LogP contribution in [0.5, 0.6) is 0 Å². The van der Waals surface area contributed by atoms with Crippen LogP contribution in [0.25, 0.3) is 5.65 Å². The van der Waals surface area contributed by atoms with Gasteiger partial charge < -0.3 is 5.73 Å². The quantitative estimate of drug-likeness (QED) is 0.677. The number of anilines is 1. The van der Waals surface area contributed by atoms with Gasteiger partial charge in [0.2, 0.25) is 0 Å². The predicted octanol–water partition coefficient (Wildman–Crippen LogP) is 0.874. The van der Waals surface area contributed by atoms with Crippen LogP contribution < -0.4 is 5.73 Å². The van der Waals surface area contributed by atoms with Gasteiger partial charge in [-0.1, -0.05) is 6.92 Å². The molecule has 0 amide bonds. The fourth-order valence-electron chi connectivity index (χ4n) is 1.12. The third kappa shape index (κ3) is 0.922. The van der Waals surface area contributed by atoms with Gasteiger partial charge in [0.25, 0.3) is 0 Å². The minimum absolute atomic E-state index is 0.671. The van der Waals surface area contributed by atoms with E-state index in [2.05, 4.69) is 10.1 Å². The van der Waals surface area contributed by atoms with Gasteiger partial charge in [0, 0.05) is 12.6 Å². The summed E-state index contributed by atoms with van der Waals surface area (Å²) in [5, 5.41) is 4.22. The summed E-state index contributed by atoms with van der Waals surface area (Å²) in [6.45, 7) is 2.02. The standard InChI is InChI=1S/C8H10N4/c1-2-7-10-8-6(9)4-3-5-12(8)11-7/h3-5H,2,9H2,1H3. The minimum Gasteiger partial charge on any atom is -0.396 e. The predicted molar refractivity (Wildman–Crippen MR) is 46.8 cm³/mol. The molecule has 0 radical (unpaired) electrons. The molecule has 0 aromatic carbocycles. The van der Waals surface area contributed by atoms with Gasteiger partial charge >= 0.3 is 0 Å². The van der Waals surface area contributed by atoms with Gasteiger partial charge in [0.15, 0.2) is 11.5 Å². The summed E-state index contributed by atoms with van der Waals surface area (Å²) in [5.74, 6) is 0.827. The topological polar surface area (TPSA) is 56.2 Å². The lowest BCUT2D eigenvalue weighted by Crippen LogP contribution is -1.92. The second kappa shape index (κ2) is 2.48. The Kier molecular flexibility index (Phi) is 1.46. The largest absolute Gasteiger partial charge is 0.396 e. The molecule has 62 valence electrons. The van der Waals surface area contributed by atoms with Crippen LogP contribution in [-0.4, -0.2) is 14.6 Å². The zero-order valence-electron chi connectivity index (χ0n) is 6.86. The number of hydrogen-bond acceptors (Lipinski definition) is 3. The van der Waals surface area contributed by atoms with Crippen molar-refractivity contribution in [2.75, 3.05) is 5.73 Å². The van der Waals surface area contributed by atoms with Crippen molar-refractivity contribution < 1.29 is 0 Å². The molecular weight excluding hydrogens is 152 g/mol. The van der Waals surface area contributed by atoms with E-state index in [4.69, 9.17) is 5.73 Å². The van der Waals surface area contributed by atoms with Crippen molar-refractivity contribution in [3.8, 4) is 0 Å². The van der Waals surface area contributed by atoms with Gasteiger partial charge in [0.05, 0.1) is 5.69 Å². The number of nitrogens with two attached hydrogens (primary N) is 1. The molecule has 0 aliphatic rings. The second-order valence-electron chi connectivity index (χ2n) is 2.61. The van der Waals surface area contributed by atoms with Crippen LogP contribution in [0, 0.1) is 0 Å². The first kappa shape index (κ1) is 7.09. The van der Waals surface area contributed by atoms with Gasteiger partial charge in [-0.25, -0.2) is 9.50 Å². The summed E-state index contributed by atoms with van der Waals surface area (Å²) in [7, 11) is 0. The average Bonchev–Trinajstić information content (AvgIpc) is 2.49. The Hall–Kier alpha value is -1.58. The van der Waals surface area contributed by atoms with Crippen molar-refractivity contribution in [1.82, 2.24) is 14.6 Å². The molecule has 0 fully saturated rings. The summed E-state index contributed by atoms with van der Waals surface area (Å²) in [6.07, 6.45) is 2.68. The summed E-state index contributed by atoms with van der Waals surface area (Å²) >= 11 is 0. The molecule has 0 saturated carbocycles. The van der Waals surface area contributed by atoms with Crippen LogP contribution in [0.2, 0.25) is 0 Å². The molecule has 0 unspecified atom stereocenters. The second-order valence-corrected chi connectivity index (χ2v) is 2.61. The van der Waals surface area contributed by atoms with Crippen LogP contribution in [0.4, 0.5) is 5.69 Å². The van der Waals surface area contributed by atoms with Gasteiger partial charge in [-0.15, -0.1) is 0 Å². The number of aromatic nitrogens is 3. The van der Waals surface area contributed by atoms with E-state index in [0.29, 0.717) is 5.69 Å². The number of nitrogen functional groups attached to an aromatic ring is 1. The summed E-state index contributed by atoms with van der Waals surface area (Å²) in [4.78, 5) is 4.26. The molecule has 2 aromatic heterocycles. The van der Waals surface area contributed by atoms with E-state index in [1.54, 1.807) is 4.52 Å². The normalized spacial score (nSPS) is 10.8. The maximum atomic E-state index is 5.70. The zero-order chi connectivity index (χ0) is 8.55. The number of pyridine rings is 1. The highest BCUT2D eigenvalue weighted by Gasteiger charge is 2.02. The molecule has 0 spiro atoms. The maximum absolute atomic E-state index is 5.70. The van der Waals surface area contributed by atoms with E-state index in [1.165, 1.54) is 0 Å². The van der Waals surface area contributed by atoms with Crippen LogP contribution in [0.3, 0.4) is 0 Å². The highest BCUT2D eigenvalue weighted by molar-refractivity contribution is 5.63. The third-order valence-corrected chi connectivity index (χ3v) is 1.75. The van der Waals surface area contributed by atoms with Crippen LogP contribution >= 0.6 is 0 Å². The zero-order valence-corrected chi connectivity index (χ0v) is 6.86. The number of rotatable bonds is 1. The Labute approximate surface area is 70.0 Å². The third-order valence-electron chi connectivity index (χ3n) is 1.75. The van der Waals surface area contributed by atoms with E-state index in [-0.39, 0.29) is 0 Å². The van der Waals surface area contributed by atoms with Gasteiger partial charge in [-0.3, -0.25) is 0 Å². The Morgan fingerprint density at radius 3 is 3.08 bits per heavy atom. The highest BCUT2D eigenvalue weighted by atomic mass is 15.3. The number of nitrogens with zero attached hydrogens (tertiary/aromatic N) is 3. The molecule has 2 N–H and O–H groups in total. The first-order valence-electron chi connectivity index (χ1n) is 3.91. The molecule has 4 nitrogen and oxygen atoms in total. The van der Waals surface area contributed by atoms with E-state index >= 15 is 0 Å². The number of hydrogen-bond donors (Lipinski definition) is 1. The first-order chi connectivity index (χ1) is 5.81. The molecule has 4 heteroatoms. The van der Waals surface area contributed by atoms with Crippen LogP contribution in [0.15, 0.2) is 18.3 Å². The fourth-order valence-corrected chi connectivity index (χ4v) is 1.12. The van der Waals surface area contributed by atoms with Crippen molar-refractivity contribution >= 4 is 11.3 Å². The van der Waals surface area contributed by atoms with E-state index in [1.807, 2.05) is 25.3 Å². The Morgan fingerprint density at radius 1 is 1.58 bits per heavy atom. The monoisotopic (exact) mass is 162 g/mol. The lowest BCUT2D eigenvalue weighted by Gasteiger charge is -1.92. The minimum atomic E-state index is 0.671. The molecule has 0 aliphatic heterocycles. The van der Waals surface area contributed by atoms with Crippen molar-refractivity contribution in [3.63, 3.8) is 0 Å². The SMILES string of the molecule is CCc1nc2c(N)cccn2n1. The van der Waals surface area contributed by atoms with Gasteiger partial charge in [-0.2, -0.15) is 5.10 Å². The van der Waals surface area contributed by atoms with Crippen molar-refractivity contribution in [3.05, 3.63) is 24.2 Å². The van der Waals surface area contributed by atoms with Crippen molar-refractivity contribution in [2.45, 2.75) is 13.3 Å². The van der Waals surface area contributed by atoms with Gasteiger partial charge in [-0.05, 0) is 12.1 Å². The van der Waals surface area contributed by atoms with Crippen LogP contribution in [0.1, 0.15) is 12.7 Å². The Bertz CT molecular complexity index is 404. The molecule has 0 bridgehead atoms. The number of fused-ring (bicyclic) bond motifs is 1. The lowest BCUT2D eigenvalue weighted by atomic mass is 10.4. The molecule has 0 atom stereocenters. The summed E-state index contributed by atoms with van der Waals surface area (Å²) in [5.41, 5.74) is 7.12. The molecule has 2 aromatic rings. The number of aryl methyl sites for hydroxylation is 1.